The summed E-state index contributed by atoms with van der Waals surface area (Å²) in [5, 5.41) is 0. The average Bonchev–Trinajstić information content (AvgIpc) is 2.27. The van der Waals surface area contributed by atoms with Gasteiger partial charge < -0.3 is 4.74 Å². The second kappa shape index (κ2) is 4.42. The third-order valence-corrected chi connectivity index (χ3v) is 2.20. The lowest BCUT2D eigenvalue weighted by Crippen LogP contribution is -2.39. The molecule has 1 aromatic carbocycles. The van der Waals surface area contributed by atoms with Crippen LogP contribution in [0, 0.1) is 0 Å². The molecule has 8 heteroatoms. The van der Waals surface area contributed by atoms with Crippen molar-refractivity contribution >= 4 is 0 Å². The molecular weight excluding hydrogens is 269 g/mol. The van der Waals surface area contributed by atoms with Crippen LogP contribution in [0.15, 0.2) is 24.3 Å². The topological polar surface area (TPSA) is 9.23 Å². The quantitative estimate of drug-likeness (QED) is 0.757. The van der Waals surface area contributed by atoms with E-state index in [4.69, 9.17) is 0 Å². The van der Waals surface area contributed by atoms with Gasteiger partial charge in [-0.05, 0) is 12.1 Å². The maximum atomic E-state index is 13.2. The number of hydrogen-bond acceptors (Lipinski definition) is 1. The molecule has 0 spiro atoms. The molecule has 0 amide bonds. The normalized spacial score (nSPS) is 13.8. The number of ether oxygens (including phenoxy) is 1. The molecule has 0 heterocycles. The largest absolute Gasteiger partial charge is 0.423 e. The maximum Gasteiger partial charge on any atom is 0.423 e. The first-order valence-electron chi connectivity index (χ1n) is 4.51. The second-order valence-electron chi connectivity index (χ2n) is 3.37. The van der Waals surface area contributed by atoms with Gasteiger partial charge in [0.2, 0.25) is 0 Å². The van der Waals surface area contributed by atoms with Gasteiger partial charge in [0.15, 0.2) is 0 Å². The highest BCUT2D eigenvalue weighted by Gasteiger charge is 2.58. The number of rotatable bonds is 3. The first-order chi connectivity index (χ1) is 8.02. The summed E-state index contributed by atoms with van der Waals surface area (Å²) in [7, 11) is 0.373. The van der Waals surface area contributed by atoms with Gasteiger partial charge in [0.1, 0.15) is 0 Å². The fourth-order valence-electron chi connectivity index (χ4n) is 1.16. The van der Waals surface area contributed by atoms with Crippen molar-refractivity contribution in [1.29, 1.82) is 0 Å². The Balaban J connectivity index is 3.13. The van der Waals surface area contributed by atoms with Crippen LogP contribution in [0.2, 0.25) is 0 Å². The van der Waals surface area contributed by atoms with Crippen LogP contribution in [0.3, 0.4) is 0 Å². The van der Waals surface area contributed by atoms with Crippen molar-refractivity contribution in [3.63, 3.8) is 0 Å². The minimum atomic E-state index is -4.80. The summed E-state index contributed by atoms with van der Waals surface area (Å²) in [5.41, 5.74) is -2.47. The summed E-state index contributed by atoms with van der Waals surface area (Å²) in [6.45, 7) is 0. The van der Waals surface area contributed by atoms with Gasteiger partial charge >= 0.3 is 18.2 Å². The SMILES string of the molecule is COC(F)(F)C(F)(F)c1ccc(C(F)(F)F)cc1. The lowest BCUT2D eigenvalue weighted by atomic mass is 10.1. The predicted molar refractivity (Wildman–Crippen MR) is 47.3 cm³/mol. The summed E-state index contributed by atoms with van der Waals surface area (Å²) in [6.07, 6.45) is -9.52. The van der Waals surface area contributed by atoms with E-state index < -0.39 is 29.3 Å². The Morgan fingerprint density at radius 2 is 1.17 bits per heavy atom. The van der Waals surface area contributed by atoms with Gasteiger partial charge in [-0.25, -0.2) is 0 Å². The van der Waals surface area contributed by atoms with E-state index in [2.05, 4.69) is 4.74 Å². The van der Waals surface area contributed by atoms with E-state index in [0.29, 0.717) is 19.2 Å². The highest BCUT2D eigenvalue weighted by atomic mass is 19.4. The fourth-order valence-corrected chi connectivity index (χ4v) is 1.16. The zero-order chi connectivity index (χ0) is 14.2. The van der Waals surface area contributed by atoms with E-state index in [-0.39, 0.29) is 12.1 Å². The number of benzene rings is 1. The first-order valence-corrected chi connectivity index (χ1v) is 4.51. The fraction of sp³-hybridized carbons (Fsp3) is 0.400. The Bertz CT molecular complexity index is 407. The Morgan fingerprint density at radius 1 is 0.778 bits per heavy atom. The summed E-state index contributed by atoms with van der Waals surface area (Å²) in [5.74, 6) is -4.72. The van der Waals surface area contributed by atoms with Crippen molar-refractivity contribution in [3.8, 4) is 0 Å². The van der Waals surface area contributed by atoms with Crippen molar-refractivity contribution in [3.05, 3.63) is 35.4 Å². The molecule has 0 N–H and O–H groups in total. The number of alkyl halides is 7. The predicted octanol–water partition coefficient (Wildman–Crippen LogP) is 4.04. The molecule has 0 atom stereocenters. The van der Waals surface area contributed by atoms with Gasteiger partial charge in [-0.3, -0.25) is 0 Å². The van der Waals surface area contributed by atoms with Crippen molar-refractivity contribution < 1.29 is 35.5 Å². The third kappa shape index (κ3) is 2.58. The van der Waals surface area contributed by atoms with Gasteiger partial charge in [0.05, 0.1) is 5.56 Å². The zero-order valence-corrected chi connectivity index (χ0v) is 8.86. The summed E-state index contributed by atoms with van der Waals surface area (Å²) in [4.78, 5) is 0. The van der Waals surface area contributed by atoms with E-state index in [9.17, 15) is 30.7 Å². The van der Waals surface area contributed by atoms with Gasteiger partial charge in [-0.1, -0.05) is 12.1 Å². The highest BCUT2D eigenvalue weighted by Crippen LogP contribution is 2.43. The van der Waals surface area contributed by atoms with Crippen molar-refractivity contribution in [2.24, 2.45) is 0 Å². The van der Waals surface area contributed by atoms with E-state index in [0.717, 1.165) is 0 Å². The Morgan fingerprint density at radius 3 is 1.50 bits per heavy atom. The smallest absolute Gasteiger partial charge is 0.319 e. The molecule has 0 aliphatic rings. The molecule has 1 nitrogen and oxygen atoms in total. The van der Waals surface area contributed by atoms with Crippen molar-refractivity contribution in [1.82, 2.24) is 0 Å². The summed E-state index contributed by atoms with van der Waals surface area (Å²) in [6, 6.07) is 1.18. The molecule has 1 rings (SSSR count). The molecule has 0 aliphatic heterocycles. The molecule has 0 aromatic heterocycles. The van der Waals surface area contributed by atoms with Gasteiger partial charge in [0, 0.05) is 12.7 Å². The molecule has 18 heavy (non-hydrogen) atoms. The van der Waals surface area contributed by atoms with E-state index in [1.165, 1.54) is 0 Å². The first kappa shape index (κ1) is 14.7. The summed E-state index contributed by atoms with van der Waals surface area (Å²) < 4.78 is 91.7. The average molecular weight is 276 g/mol. The molecule has 0 radical (unpaired) electrons. The van der Waals surface area contributed by atoms with Crippen LogP contribution in [-0.4, -0.2) is 13.2 Å². The lowest BCUT2D eigenvalue weighted by molar-refractivity contribution is -0.344. The molecule has 1 aromatic rings. The van der Waals surface area contributed by atoms with E-state index in [1.54, 1.807) is 0 Å². The van der Waals surface area contributed by atoms with Crippen LogP contribution < -0.4 is 0 Å². The molecule has 0 unspecified atom stereocenters. The van der Waals surface area contributed by atoms with Crippen LogP contribution in [0.25, 0.3) is 0 Å². The Hall–Kier alpha value is -1.31. The van der Waals surface area contributed by atoms with E-state index in [1.807, 2.05) is 0 Å². The lowest BCUT2D eigenvalue weighted by Gasteiger charge is -2.25. The maximum absolute atomic E-state index is 13.2. The van der Waals surface area contributed by atoms with Crippen LogP contribution in [0.5, 0.6) is 0 Å². The summed E-state index contributed by atoms with van der Waals surface area (Å²) >= 11 is 0. The number of hydrogen-bond donors (Lipinski definition) is 0. The molecule has 0 fully saturated rings. The van der Waals surface area contributed by atoms with Gasteiger partial charge in [0.25, 0.3) is 0 Å². The molecule has 0 saturated carbocycles. The number of methoxy groups -OCH3 is 1. The van der Waals surface area contributed by atoms with Gasteiger partial charge in [-0.15, -0.1) is 0 Å². The van der Waals surface area contributed by atoms with Crippen LogP contribution in [-0.2, 0) is 16.8 Å². The Kier molecular flexibility index (Phi) is 3.62. The standard InChI is InChI=1S/C10H7F7O/c1-18-10(16,17)8(11,12)6-2-4-7(5-3-6)9(13,14)15/h2-5H,1H3. The zero-order valence-electron chi connectivity index (χ0n) is 8.86. The van der Waals surface area contributed by atoms with Gasteiger partial charge in [-0.2, -0.15) is 30.7 Å². The second-order valence-corrected chi connectivity index (χ2v) is 3.37. The Labute approximate surface area is 97.2 Å². The van der Waals surface area contributed by atoms with E-state index >= 15 is 0 Å². The van der Waals surface area contributed by atoms with Crippen molar-refractivity contribution in [2.45, 2.75) is 18.2 Å². The van der Waals surface area contributed by atoms with Crippen LogP contribution in [0.4, 0.5) is 30.7 Å². The minimum Gasteiger partial charge on any atom is -0.319 e. The van der Waals surface area contributed by atoms with Crippen LogP contribution in [0.1, 0.15) is 11.1 Å². The molecule has 0 bridgehead atoms. The molecule has 0 saturated heterocycles. The minimum absolute atomic E-state index is 0.287. The number of halogens is 7. The molecule has 0 aliphatic carbocycles. The van der Waals surface area contributed by atoms with Crippen molar-refractivity contribution in [2.75, 3.05) is 7.11 Å². The monoisotopic (exact) mass is 276 g/mol. The third-order valence-electron chi connectivity index (χ3n) is 2.20. The van der Waals surface area contributed by atoms with Crippen LogP contribution >= 0.6 is 0 Å². The molecular formula is C10H7F7O. The highest BCUT2D eigenvalue weighted by molar-refractivity contribution is 5.28. The molecule has 102 valence electrons.